The lowest BCUT2D eigenvalue weighted by atomic mass is 10.2. The van der Waals surface area contributed by atoms with Gasteiger partial charge in [-0.1, -0.05) is 5.21 Å². The lowest BCUT2D eigenvalue weighted by Gasteiger charge is -2.11. The van der Waals surface area contributed by atoms with E-state index in [4.69, 9.17) is 5.73 Å². The molecular formula is C9H17N5. The SMILES string of the molecule is Cn1nncc1CNC1CCC(N)C1. The van der Waals surface area contributed by atoms with E-state index in [1.54, 1.807) is 10.9 Å². The van der Waals surface area contributed by atoms with E-state index in [1.165, 1.54) is 6.42 Å². The van der Waals surface area contributed by atoms with Gasteiger partial charge < -0.3 is 11.1 Å². The molecule has 0 spiro atoms. The van der Waals surface area contributed by atoms with E-state index in [2.05, 4.69) is 15.6 Å². The fraction of sp³-hybridized carbons (Fsp3) is 0.778. The molecule has 2 unspecified atom stereocenters. The van der Waals surface area contributed by atoms with Crippen LogP contribution in [0.2, 0.25) is 0 Å². The monoisotopic (exact) mass is 195 g/mol. The second-order valence-corrected chi connectivity index (χ2v) is 4.00. The average molecular weight is 195 g/mol. The molecule has 0 aliphatic heterocycles. The van der Waals surface area contributed by atoms with Crippen molar-refractivity contribution in [1.82, 2.24) is 20.3 Å². The molecule has 2 rings (SSSR count). The van der Waals surface area contributed by atoms with E-state index >= 15 is 0 Å². The van der Waals surface area contributed by atoms with Crippen LogP contribution in [0.15, 0.2) is 6.20 Å². The van der Waals surface area contributed by atoms with Crippen LogP contribution >= 0.6 is 0 Å². The third-order valence-electron chi connectivity index (χ3n) is 2.85. The van der Waals surface area contributed by atoms with Crippen LogP contribution in [-0.2, 0) is 13.6 Å². The third-order valence-corrected chi connectivity index (χ3v) is 2.85. The van der Waals surface area contributed by atoms with E-state index in [0.29, 0.717) is 12.1 Å². The summed E-state index contributed by atoms with van der Waals surface area (Å²) in [6, 6.07) is 0.956. The van der Waals surface area contributed by atoms with Crippen molar-refractivity contribution in [2.24, 2.45) is 12.8 Å². The zero-order chi connectivity index (χ0) is 9.97. The van der Waals surface area contributed by atoms with Gasteiger partial charge in [-0.3, -0.25) is 4.68 Å². The van der Waals surface area contributed by atoms with Gasteiger partial charge in [-0.25, -0.2) is 0 Å². The van der Waals surface area contributed by atoms with E-state index in [9.17, 15) is 0 Å². The fourth-order valence-electron chi connectivity index (χ4n) is 1.92. The molecule has 1 fully saturated rings. The number of rotatable bonds is 3. The summed E-state index contributed by atoms with van der Waals surface area (Å²) >= 11 is 0. The van der Waals surface area contributed by atoms with Gasteiger partial charge in [0.15, 0.2) is 0 Å². The maximum absolute atomic E-state index is 5.83. The Morgan fingerprint density at radius 3 is 3.07 bits per heavy atom. The third kappa shape index (κ3) is 2.10. The molecule has 78 valence electrons. The van der Waals surface area contributed by atoms with Gasteiger partial charge in [0, 0.05) is 25.7 Å². The first-order valence-corrected chi connectivity index (χ1v) is 5.08. The highest BCUT2D eigenvalue weighted by atomic mass is 15.4. The maximum atomic E-state index is 5.83. The first-order valence-electron chi connectivity index (χ1n) is 5.08. The van der Waals surface area contributed by atoms with Crippen LogP contribution in [0.4, 0.5) is 0 Å². The van der Waals surface area contributed by atoms with Crippen LogP contribution in [0.25, 0.3) is 0 Å². The lowest BCUT2D eigenvalue weighted by Crippen LogP contribution is -2.28. The van der Waals surface area contributed by atoms with Gasteiger partial charge in [0.05, 0.1) is 11.9 Å². The Kier molecular flexibility index (Phi) is 2.79. The van der Waals surface area contributed by atoms with Crippen molar-refractivity contribution in [3.63, 3.8) is 0 Å². The van der Waals surface area contributed by atoms with Gasteiger partial charge in [-0.05, 0) is 19.3 Å². The van der Waals surface area contributed by atoms with Gasteiger partial charge >= 0.3 is 0 Å². The van der Waals surface area contributed by atoms with E-state index in [-0.39, 0.29) is 0 Å². The lowest BCUT2D eigenvalue weighted by molar-refractivity contribution is 0.501. The molecule has 0 amide bonds. The second kappa shape index (κ2) is 4.06. The standard InChI is InChI=1S/C9H17N5/c1-14-9(6-12-13-14)5-11-8-3-2-7(10)4-8/h6-8,11H,2-5,10H2,1H3. The summed E-state index contributed by atoms with van der Waals surface area (Å²) in [6.45, 7) is 0.834. The Bertz CT molecular complexity index is 295. The molecule has 0 aromatic carbocycles. The number of aryl methyl sites for hydroxylation is 1. The molecule has 1 aromatic heterocycles. The van der Waals surface area contributed by atoms with Crippen LogP contribution in [0.5, 0.6) is 0 Å². The Morgan fingerprint density at radius 2 is 2.50 bits per heavy atom. The molecule has 1 aliphatic rings. The molecule has 1 heterocycles. The molecular weight excluding hydrogens is 178 g/mol. The van der Waals surface area contributed by atoms with Gasteiger partial charge in [0.2, 0.25) is 0 Å². The molecule has 0 saturated heterocycles. The second-order valence-electron chi connectivity index (χ2n) is 4.00. The molecule has 1 aliphatic carbocycles. The summed E-state index contributed by atoms with van der Waals surface area (Å²) in [5, 5.41) is 11.2. The largest absolute Gasteiger partial charge is 0.328 e. The average Bonchev–Trinajstić information content (AvgIpc) is 2.72. The van der Waals surface area contributed by atoms with Gasteiger partial charge in [-0.2, -0.15) is 0 Å². The Balaban J connectivity index is 1.80. The highest BCUT2D eigenvalue weighted by molar-refractivity contribution is 4.94. The summed E-state index contributed by atoms with van der Waals surface area (Å²) in [5.41, 5.74) is 6.95. The highest BCUT2D eigenvalue weighted by Crippen LogP contribution is 2.17. The van der Waals surface area contributed by atoms with E-state index < -0.39 is 0 Å². The molecule has 2 atom stereocenters. The number of nitrogens with two attached hydrogens (primary N) is 1. The molecule has 1 aromatic rings. The zero-order valence-corrected chi connectivity index (χ0v) is 8.48. The molecule has 3 N–H and O–H groups in total. The Labute approximate surface area is 83.7 Å². The van der Waals surface area contributed by atoms with Crippen LogP contribution < -0.4 is 11.1 Å². The molecule has 5 nitrogen and oxygen atoms in total. The van der Waals surface area contributed by atoms with Crippen molar-refractivity contribution in [3.05, 3.63) is 11.9 Å². The van der Waals surface area contributed by atoms with Gasteiger partial charge in [0.25, 0.3) is 0 Å². The minimum absolute atomic E-state index is 0.386. The highest BCUT2D eigenvalue weighted by Gasteiger charge is 2.21. The number of nitrogens with zero attached hydrogens (tertiary/aromatic N) is 3. The predicted molar refractivity (Wildman–Crippen MR) is 53.5 cm³/mol. The van der Waals surface area contributed by atoms with Crippen molar-refractivity contribution in [2.45, 2.75) is 37.9 Å². The topological polar surface area (TPSA) is 68.8 Å². The predicted octanol–water partition coefficient (Wildman–Crippen LogP) is -0.215. The quantitative estimate of drug-likeness (QED) is 0.700. The fourth-order valence-corrected chi connectivity index (χ4v) is 1.92. The maximum Gasteiger partial charge on any atom is 0.0738 e. The Hall–Kier alpha value is -0.940. The van der Waals surface area contributed by atoms with Crippen LogP contribution in [-0.4, -0.2) is 27.1 Å². The summed E-state index contributed by atoms with van der Waals surface area (Å²) in [4.78, 5) is 0. The van der Waals surface area contributed by atoms with Crippen LogP contribution in [0, 0.1) is 0 Å². The normalized spacial score (nSPS) is 27.0. The summed E-state index contributed by atoms with van der Waals surface area (Å²) in [5.74, 6) is 0. The number of hydrogen-bond acceptors (Lipinski definition) is 4. The van der Waals surface area contributed by atoms with Crippen molar-refractivity contribution in [3.8, 4) is 0 Å². The number of nitrogens with one attached hydrogen (secondary N) is 1. The zero-order valence-electron chi connectivity index (χ0n) is 8.48. The Morgan fingerprint density at radius 1 is 1.64 bits per heavy atom. The van der Waals surface area contributed by atoms with E-state index in [0.717, 1.165) is 25.1 Å². The molecule has 5 heteroatoms. The number of hydrogen-bond donors (Lipinski definition) is 2. The summed E-state index contributed by atoms with van der Waals surface area (Å²) in [7, 11) is 1.91. The molecule has 0 radical (unpaired) electrons. The van der Waals surface area contributed by atoms with Crippen molar-refractivity contribution in [1.29, 1.82) is 0 Å². The first kappa shape index (κ1) is 9.61. The van der Waals surface area contributed by atoms with E-state index in [1.807, 2.05) is 7.05 Å². The minimum atomic E-state index is 0.386. The first-order chi connectivity index (χ1) is 6.75. The molecule has 1 saturated carbocycles. The molecule has 14 heavy (non-hydrogen) atoms. The molecule has 0 bridgehead atoms. The minimum Gasteiger partial charge on any atom is -0.328 e. The summed E-state index contributed by atoms with van der Waals surface area (Å²) < 4.78 is 1.79. The van der Waals surface area contributed by atoms with Crippen LogP contribution in [0.3, 0.4) is 0 Å². The van der Waals surface area contributed by atoms with Gasteiger partial charge in [0.1, 0.15) is 0 Å². The van der Waals surface area contributed by atoms with Crippen LogP contribution in [0.1, 0.15) is 25.0 Å². The smallest absolute Gasteiger partial charge is 0.0738 e. The summed E-state index contributed by atoms with van der Waals surface area (Å²) in [6.07, 6.45) is 5.21. The van der Waals surface area contributed by atoms with Gasteiger partial charge in [-0.15, -0.1) is 5.10 Å². The van der Waals surface area contributed by atoms with Crippen molar-refractivity contribution < 1.29 is 0 Å². The van der Waals surface area contributed by atoms with Crippen molar-refractivity contribution in [2.75, 3.05) is 0 Å². The van der Waals surface area contributed by atoms with Crippen molar-refractivity contribution >= 4 is 0 Å². The number of aromatic nitrogens is 3.